The molecule has 0 fully saturated rings. The second-order valence-corrected chi connectivity index (χ2v) is 4.89. The van der Waals surface area contributed by atoms with Crippen LogP contribution in [0.25, 0.3) is 0 Å². The van der Waals surface area contributed by atoms with Crippen molar-refractivity contribution in [2.45, 2.75) is 19.8 Å². The minimum Gasteiger partial charge on any atom is -0.373 e. The number of aromatic nitrogens is 2. The highest BCUT2D eigenvalue weighted by Crippen LogP contribution is 2.18. The third-order valence-electron chi connectivity index (χ3n) is 2.92. The number of anilines is 2. The van der Waals surface area contributed by atoms with Crippen molar-refractivity contribution in [3.63, 3.8) is 0 Å². The molecule has 2 N–H and O–H groups in total. The SMILES string of the molecule is CNc1cc(C(=O)Nc2ccc(F)cn2)cc(C(C)C)n1. The van der Waals surface area contributed by atoms with Gasteiger partial charge in [-0.2, -0.15) is 0 Å². The van der Waals surface area contributed by atoms with E-state index in [4.69, 9.17) is 0 Å². The van der Waals surface area contributed by atoms with Crippen molar-refractivity contribution in [3.8, 4) is 0 Å². The molecule has 5 nitrogen and oxygen atoms in total. The Labute approximate surface area is 122 Å². The zero-order chi connectivity index (χ0) is 15.4. The lowest BCUT2D eigenvalue weighted by molar-refractivity contribution is 0.102. The van der Waals surface area contributed by atoms with Gasteiger partial charge in [-0.15, -0.1) is 0 Å². The van der Waals surface area contributed by atoms with Crippen LogP contribution < -0.4 is 10.6 Å². The number of hydrogen-bond donors (Lipinski definition) is 2. The van der Waals surface area contributed by atoms with E-state index in [1.54, 1.807) is 19.2 Å². The third kappa shape index (κ3) is 3.75. The fraction of sp³-hybridized carbons (Fsp3) is 0.267. The Morgan fingerprint density at radius 1 is 1.24 bits per heavy atom. The summed E-state index contributed by atoms with van der Waals surface area (Å²) >= 11 is 0. The maximum atomic E-state index is 12.8. The van der Waals surface area contributed by atoms with Gasteiger partial charge < -0.3 is 10.6 Å². The van der Waals surface area contributed by atoms with Gasteiger partial charge in [-0.1, -0.05) is 13.8 Å². The van der Waals surface area contributed by atoms with Crippen molar-refractivity contribution in [2.24, 2.45) is 0 Å². The summed E-state index contributed by atoms with van der Waals surface area (Å²) in [5, 5.41) is 5.56. The van der Waals surface area contributed by atoms with Crippen LogP contribution in [0.5, 0.6) is 0 Å². The summed E-state index contributed by atoms with van der Waals surface area (Å²) in [6.07, 6.45) is 1.06. The Hall–Kier alpha value is -2.50. The molecule has 21 heavy (non-hydrogen) atoms. The molecule has 0 spiro atoms. The molecule has 0 bridgehead atoms. The third-order valence-corrected chi connectivity index (χ3v) is 2.92. The molecule has 0 aliphatic rings. The van der Waals surface area contributed by atoms with Crippen molar-refractivity contribution >= 4 is 17.5 Å². The molecule has 2 aromatic rings. The molecule has 1 amide bonds. The normalized spacial score (nSPS) is 10.5. The van der Waals surface area contributed by atoms with Gasteiger partial charge in [0.1, 0.15) is 17.5 Å². The van der Waals surface area contributed by atoms with Gasteiger partial charge in [0.25, 0.3) is 5.91 Å². The maximum Gasteiger partial charge on any atom is 0.257 e. The standard InChI is InChI=1S/C15H17FN4O/c1-9(2)12-6-10(7-14(17-3)19-12)15(21)20-13-5-4-11(16)8-18-13/h4-9H,1-3H3,(H,17,19)(H,18,20,21). The van der Waals surface area contributed by atoms with E-state index in [2.05, 4.69) is 20.6 Å². The van der Waals surface area contributed by atoms with Crippen molar-refractivity contribution in [2.75, 3.05) is 17.7 Å². The van der Waals surface area contributed by atoms with Gasteiger partial charge in [-0.05, 0) is 30.2 Å². The highest BCUT2D eigenvalue weighted by molar-refractivity contribution is 6.04. The van der Waals surface area contributed by atoms with Gasteiger partial charge in [0.15, 0.2) is 0 Å². The first-order valence-corrected chi connectivity index (χ1v) is 6.62. The molecule has 110 valence electrons. The fourth-order valence-corrected chi connectivity index (χ4v) is 1.75. The molecular weight excluding hydrogens is 271 g/mol. The maximum absolute atomic E-state index is 12.8. The van der Waals surface area contributed by atoms with E-state index in [9.17, 15) is 9.18 Å². The largest absolute Gasteiger partial charge is 0.373 e. The van der Waals surface area contributed by atoms with Crippen molar-refractivity contribution in [1.82, 2.24) is 9.97 Å². The smallest absolute Gasteiger partial charge is 0.257 e. The number of carbonyl (C=O) groups excluding carboxylic acids is 1. The van der Waals surface area contributed by atoms with Crippen LogP contribution in [0.3, 0.4) is 0 Å². The average molecular weight is 288 g/mol. The fourth-order valence-electron chi connectivity index (χ4n) is 1.75. The first kappa shape index (κ1) is 14.9. The van der Waals surface area contributed by atoms with E-state index in [1.165, 1.54) is 12.1 Å². The van der Waals surface area contributed by atoms with Crippen molar-refractivity contribution < 1.29 is 9.18 Å². The quantitative estimate of drug-likeness (QED) is 0.907. The van der Waals surface area contributed by atoms with Crippen molar-refractivity contribution in [3.05, 3.63) is 47.5 Å². The number of halogens is 1. The minimum absolute atomic E-state index is 0.203. The van der Waals surface area contributed by atoms with Gasteiger partial charge in [0.05, 0.1) is 6.20 Å². The first-order valence-electron chi connectivity index (χ1n) is 6.62. The van der Waals surface area contributed by atoms with Crippen LogP contribution in [0.4, 0.5) is 16.0 Å². The van der Waals surface area contributed by atoms with Crippen LogP contribution in [0.15, 0.2) is 30.5 Å². The zero-order valence-corrected chi connectivity index (χ0v) is 12.1. The van der Waals surface area contributed by atoms with Crippen molar-refractivity contribution in [1.29, 1.82) is 0 Å². The minimum atomic E-state index is -0.448. The van der Waals surface area contributed by atoms with Crippen LogP contribution in [0, 0.1) is 5.82 Å². The molecule has 0 unspecified atom stereocenters. The summed E-state index contributed by atoms with van der Waals surface area (Å²) in [6.45, 7) is 4.01. The van der Waals surface area contributed by atoms with Crippen LogP contribution in [-0.4, -0.2) is 22.9 Å². The first-order chi connectivity index (χ1) is 9.99. The van der Waals surface area contributed by atoms with Crippen LogP contribution in [0.2, 0.25) is 0 Å². The van der Waals surface area contributed by atoms with Gasteiger partial charge in [0.2, 0.25) is 0 Å². The van der Waals surface area contributed by atoms with Gasteiger partial charge in [-0.25, -0.2) is 14.4 Å². The molecule has 0 radical (unpaired) electrons. The molecule has 2 aromatic heterocycles. The molecule has 0 aliphatic carbocycles. The van der Waals surface area contributed by atoms with Crippen LogP contribution >= 0.6 is 0 Å². The number of nitrogens with zero attached hydrogens (tertiary/aromatic N) is 2. The molecule has 0 aliphatic heterocycles. The monoisotopic (exact) mass is 288 g/mol. The van der Waals surface area contributed by atoms with Gasteiger partial charge >= 0.3 is 0 Å². The molecule has 0 saturated carbocycles. The molecule has 6 heteroatoms. The number of carbonyl (C=O) groups is 1. The second kappa shape index (κ2) is 6.30. The average Bonchev–Trinajstić information content (AvgIpc) is 2.49. The number of hydrogen-bond acceptors (Lipinski definition) is 4. The summed E-state index contributed by atoms with van der Waals surface area (Å²) < 4.78 is 12.8. The van der Waals surface area contributed by atoms with E-state index in [-0.39, 0.29) is 11.8 Å². The van der Waals surface area contributed by atoms with E-state index >= 15 is 0 Å². The lowest BCUT2D eigenvalue weighted by Crippen LogP contribution is -2.14. The summed E-state index contributed by atoms with van der Waals surface area (Å²) in [5.74, 6) is 0.369. The number of pyridine rings is 2. The summed E-state index contributed by atoms with van der Waals surface area (Å²) in [5.41, 5.74) is 1.29. The molecule has 0 saturated heterocycles. The Kier molecular flexibility index (Phi) is 4.47. The van der Waals surface area contributed by atoms with Gasteiger partial charge in [0, 0.05) is 18.3 Å². The van der Waals surface area contributed by atoms with E-state index < -0.39 is 5.82 Å². The predicted octanol–water partition coefficient (Wildman–Crippen LogP) is 3.03. The zero-order valence-electron chi connectivity index (χ0n) is 12.1. The molecule has 0 atom stereocenters. The second-order valence-electron chi connectivity index (χ2n) is 4.89. The molecule has 0 aromatic carbocycles. The highest BCUT2D eigenvalue weighted by Gasteiger charge is 2.12. The topological polar surface area (TPSA) is 66.9 Å². The summed E-state index contributed by atoms with van der Waals surface area (Å²) in [6, 6.07) is 6.06. The number of rotatable bonds is 4. The molecule has 2 heterocycles. The van der Waals surface area contributed by atoms with Crippen LogP contribution in [0.1, 0.15) is 35.8 Å². The molecule has 2 rings (SSSR count). The lowest BCUT2D eigenvalue weighted by atomic mass is 10.1. The van der Waals surface area contributed by atoms with Gasteiger partial charge in [-0.3, -0.25) is 4.79 Å². The van der Waals surface area contributed by atoms with E-state index in [0.717, 1.165) is 11.9 Å². The van der Waals surface area contributed by atoms with Crippen LogP contribution in [-0.2, 0) is 0 Å². The lowest BCUT2D eigenvalue weighted by Gasteiger charge is -2.11. The van der Waals surface area contributed by atoms with E-state index in [1.807, 2.05) is 13.8 Å². The Morgan fingerprint density at radius 3 is 2.57 bits per heavy atom. The predicted molar refractivity (Wildman–Crippen MR) is 80.0 cm³/mol. The molecular formula is C15H17FN4O. The number of nitrogens with one attached hydrogen (secondary N) is 2. The highest BCUT2D eigenvalue weighted by atomic mass is 19.1. The summed E-state index contributed by atoms with van der Waals surface area (Å²) in [7, 11) is 1.75. The Morgan fingerprint density at radius 2 is 2.00 bits per heavy atom. The number of amides is 1. The Bertz CT molecular complexity index is 641. The Balaban J connectivity index is 2.25. The summed E-state index contributed by atoms with van der Waals surface area (Å²) in [4.78, 5) is 20.4. The van der Waals surface area contributed by atoms with E-state index in [0.29, 0.717) is 17.2 Å².